The van der Waals surface area contributed by atoms with E-state index < -0.39 is 6.10 Å². The predicted molar refractivity (Wildman–Crippen MR) is 91.3 cm³/mol. The van der Waals surface area contributed by atoms with Gasteiger partial charge in [0.25, 0.3) is 5.91 Å². The summed E-state index contributed by atoms with van der Waals surface area (Å²) in [6.07, 6.45) is -0.162. The summed E-state index contributed by atoms with van der Waals surface area (Å²) in [4.78, 5) is 12.3. The highest BCUT2D eigenvalue weighted by Gasteiger charge is 2.19. The Morgan fingerprint density at radius 3 is 2.55 bits per heavy atom. The Morgan fingerprint density at radius 2 is 1.86 bits per heavy atom. The van der Waals surface area contributed by atoms with Crippen molar-refractivity contribution in [3.8, 4) is 5.75 Å². The van der Waals surface area contributed by atoms with Gasteiger partial charge in [-0.05, 0) is 42.8 Å². The number of hydrogen-bond donors (Lipinski definition) is 1. The third-order valence-electron chi connectivity index (χ3n) is 2.92. The molecule has 22 heavy (non-hydrogen) atoms. The molecule has 0 saturated heterocycles. The number of amides is 1. The fraction of sp³-hybridized carbons (Fsp3) is 0.188. The lowest BCUT2D eigenvalue weighted by atomic mass is 10.2. The smallest absolute Gasteiger partial charge is 0.265 e. The van der Waals surface area contributed by atoms with Crippen molar-refractivity contribution in [2.75, 3.05) is 5.32 Å². The molecule has 0 fully saturated rings. The van der Waals surface area contributed by atoms with E-state index in [-0.39, 0.29) is 5.91 Å². The van der Waals surface area contributed by atoms with Crippen LogP contribution in [0.1, 0.15) is 13.3 Å². The number of nitrogens with one attached hydrogen (secondary N) is 1. The monoisotopic (exact) mass is 357 g/mol. The molecule has 1 atom stereocenters. The molecule has 0 bridgehead atoms. The van der Waals surface area contributed by atoms with Crippen LogP contribution in [0.5, 0.6) is 5.75 Å². The van der Waals surface area contributed by atoms with Crippen LogP contribution >= 0.6 is 34.8 Å². The third kappa shape index (κ3) is 4.54. The molecule has 0 radical (unpaired) electrons. The van der Waals surface area contributed by atoms with Gasteiger partial charge >= 0.3 is 0 Å². The molecule has 2 aromatic carbocycles. The molecule has 1 N–H and O–H groups in total. The number of halogens is 3. The first-order valence-electron chi connectivity index (χ1n) is 6.67. The van der Waals surface area contributed by atoms with Crippen LogP contribution in [0.2, 0.25) is 15.1 Å². The van der Waals surface area contributed by atoms with Gasteiger partial charge in [0.2, 0.25) is 0 Å². The molecule has 0 aliphatic carbocycles. The van der Waals surface area contributed by atoms with Crippen molar-refractivity contribution in [2.24, 2.45) is 0 Å². The fourth-order valence-electron chi connectivity index (χ4n) is 1.83. The minimum absolute atomic E-state index is 0.299. The zero-order chi connectivity index (χ0) is 16.1. The summed E-state index contributed by atoms with van der Waals surface area (Å²) in [5.41, 5.74) is 0.451. The molecule has 0 heterocycles. The molecule has 1 amide bonds. The normalized spacial score (nSPS) is 11.8. The first-order chi connectivity index (χ1) is 10.5. The van der Waals surface area contributed by atoms with E-state index in [1.54, 1.807) is 42.5 Å². The van der Waals surface area contributed by atoms with Crippen molar-refractivity contribution in [3.63, 3.8) is 0 Å². The minimum Gasteiger partial charge on any atom is -0.481 e. The summed E-state index contributed by atoms with van der Waals surface area (Å²) in [7, 11) is 0. The standard InChI is InChI=1S/C16H14Cl3NO2/c1-2-15(22-12-5-3-4-10(17)8-12)16(21)20-14-9-11(18)6-7-13(14)19/h3-9,15H,2H2,1H3,(H,20,21)/t15-/m1/s1. The van der Waals surface area contributed by atoms with Crippen LogP contribution in [0.4, 0.5) is 5.69 Å². The van der Waals surface area contributed by atoms with Gasteiger partial charge in [0, 0.05) is 10.0 Å². The van der Waals surface area contributed by atoms with Gasteiger partial charge in [0.05, 0.1) is 10.7 Å². The van der Waals surface area contributed by atoms with E-state index in [0.717, 1.165) is 0 Å². The van der Waals surface area contributed by atoms with Crippen LogP contribution in [0.25, 0.3) is 0 Å². The maximum atomic E-state index is 12.3. The lowest BCUT2D eigenvalue weighted by Crippen LogP contribution is -2.32. The molecule has 2 aromatic rings. The van der Waals surface area contributed by atoms with Crippen molar-refractivity contribution < 1.29 is 9.53 Å². The molecule has 0 aliphatic rings. The molecule has 2 rings (SSSR count). The minimum atomic E-state index is -0.659. The second kappa shape index (κ2) is 7.73. The van der Waals surface area contributed by atoms with Crippen molar-refractivity contribution in [2.45, 2.75) is 19.4 Å². The Hall–Kier alpha value is -1.42. The van der Waals surface area contributed by atoms with Gasteiger partial charge in [-0.2, -0.15) is 0 Å². The summed E-state index contributed by atoms with van der Waals surface area (Å²) in [6, 6.07) is 11.8. The summed E-state index contributed by atoms with van der Waals surface area (Å²) < 4.78 is 5.68. The van der Waals surface area contributed by atoms with E-state index in [4.69, 9.17) is 39.5 Å². The zero-order valence-corrected chi connectivity index (χ0v) is 14.0. The average molecular weight is 359 g/mol. The largest absolute Gasteiger partial charge is 0.481 e. The molecule has 116 valence electrons. The van der Waals surface area contributed by atoms with Crippen molar-refractivity contribution in [3.05, 3.63) is 57.5 Å². The molecular weight excluding hydrogens is 345 g/mol. The van der Waals surface area contributed by atoms with Crippen LogP contribution in [0.15, 0.2) is 42.5 Å². The number of hydrogen-bond acceptors (Lipinski definition) is 2. The van der Waals surface area contributed by atoms with Crippen LogP contribution in [0, 0.1) is 0 Å². The van der Waals surface area contributed by atoms with Crippen LogP contribution < -0.4 is 10.1 Å². The number of carbonyl (C=O) groups is 1. The van der Waals surface area contributed by atoms with E-state index in [9.17, 15) is 4.79 Å². The van der Waals surface area contributed by atoms with Gasteiger partial charge in [0.1, 0.15) is 5.75 Å². The Labute approximate surface area is 144 Å². The van der Waals surface area contributed by atoms with E-state index >= 15 is 0 Å². The van der Waals surface area contributed by atoms with Gasteiger partial charge in [-0.1, -0.05) is 47.8 Å². The van der Waals surface area contributed by atoms with Crippen LogP contribution in [-0.4, -0.2) is 12.0 Å². The zero-order valence-electron chi connectivity index (χ0n) is 11.8. The maximum absolute atomic E-state index is 12.3. The summed E-state index contributed by atoms with van der Waals surface area (Å²) in [5, 5.41) is 4.17. The molecule has 6 heteroatoms. The summed E-state index contributed by atoms with van der Waals surface area (Å²) in [5.74, 6) is 0.235. The molecule has 0 aliphatic heterocycles. The fourth-order valence-corrected chi connectivity index (χ4v) is 2.35. The third-order valence-corrected chi connectivity index (χ3v) is 3.72. The Morgan fingerprint density at radius 1 is 1.14 bits per heavy atom. The van der Waals surface area contributed by atoms with E-state index in [0.29, 0.717) is 32.9 Å². The number of carbonyl (C=O) groups excluding carboxylic acids is 1. The van der Waals surface area contributed by atoms with Gasteiger partial charge in [0.15, 0.2) is 6.10 Å². The SMILES string of the molecule is CC[C@@H](Oc1cccc(Cl)c1)C(=O)Nc1cc(Cl)ccc1Cl. The van der Waals surface area contributed by atoms with Crippen molar-refractivity contribution >= 4 is 46.4 Å². The number of anilines is 1. The maximum Gasteiger partial charge on any atom is 0.265 e. The Bertz CT molecular complexity index is 676. The first-order valence-corrected chi connectivity index (χ1v) is 7.81. The molecular formula is C16H14Cl3NO2. The highest BCUT2D eigenvalue weighted by atomic mass is 35.5. The van der Waals surface area contributed by atoms with Gasteiger partial charge in [-0.25, -0.2) is 0 Å². The van der Waals surface area contributed by atoms with Crippen molar-refractivity contribution in [1.82, 2.24) is 0 Å². The lowest BCUT2D eigenvalue weighted by molar-refractivity contribution is -0.122. The molecule has 0 spiro atoms. The molecule has 0 aromatic heterocycles. The number of ether oxygens (including phenoxy) is 1. The lowest BCUT2D eigenvalue weighted by Gasteiger charge is -2.18. The second-order valence-electron chi connectivity index (χ2n) is 4.59. The predicted octanol–water partition coefficient (Wildman–Crippen LogP) is 5.44. The molecule has 3 nitrogen and oxygen atoms in total. The number of rotatable bonds is 5. The van der Waals surface area contributed by atoms with E-state index in [1.807, 2.05) is 6.92 Å². The number of benzene rings is 2. The first kappa shape index (κ1) is 16.9. The second-order valence-corrected chi connectivity index (χ2v) is 5.87. The molecule has 0 unspecified atom stereocenters. The Balaban J connectivity index is 2.10. The van der Waals surface area contributed by atoms with Crippen molar-refractivity contribution in [1.29, 1.82) is 0 Å². The van der Waals surface area contributed by atoms with Crippen LogP contribution in [0.3, 0.4) is 0 Å². The average Bonchev–Trinajstić information content (AvgIpc) is 2.48. The van der Waals surface area contributed by atoms with Gasteiger partial charge in [-0.15, -0.1) is 0 Å². The topological polar surface area (TPSA) is 38.3 Å². The highest BCUT2D eigenvalue weighted by molar-refractivity contribution is 6.35. The van der Waals surface area contributed by atoms with Gasteiger partial charge in [-0.3, -0.25) is 4.79 Å². The molecule has 0 saturated carbocycles. The quantitative estimate of drug-likeness (QED) is 0.772. The van der Waals surface area contributed by atoms with E-state index in [1.165, 1.54) is 0 Å². The summed E-state index contributed by atoms with van der Waals surface area (Å²) in [6.45, 7) is 1.86. The summed E-state index contributed by atoms with van der Waals surface area (Å²) >= 11 is 17.8. The van der Waals surface area contributed by atoms with E-state index in [2.05, 4.69) is 5.32 Å². The Kier molecular flexibility index (Phi) is 5.95. The van der Waals surface area contributed by atoms with Gasteiger partial charge < -0.3 is 10.1 Å². The highest BCUT2D eigenvalue weighted by Crippen LogP contribution is 2.26. The van der Waals surface area contributed by atoms with Crippen LogP contribution in [-0.2, 0) is 4.79 Å².